The second kappa shape index (κ2) is 4.81. The van der Waals surface area contributed by atoms with Crippen LogP contribution in [0, 0.1) is 13.8 Å². The Morgan fingerprint density at radius 3 is 2.50 bits per heavy atom. The number of aryl methyl sites for hydroxylation is 2. The van der Waals surface area contributed by atoms with E-state index in [1.807, 2.05) is 0 Å². The zero-order valence-corrected chi connectivity index (χ0v) is 13.4. The Morgan fingerprint density at radius 2 is 1.64 bits per heavy atom. The summed E-state index contributed by atoms with van der Waals surface area (Å²) in [5.74, 6) is 0. The van der Waals surface area contributed by atoms with Gasteiger partial charge in [0.2, 0.25) is 5.69 Å². The first-order valence-corrected chi connectivity index (χ1v) is 7.82. The van der Waals surface area contributed by atoms with E-state index in [0.29, 0.717) is 0 Å². The number of pyridine rings is 1. The zero-order chi connectivity index (χ0) is 15.3. The molecule has 0 N–H and O–H groups in total. The van der Waals surface area contributed by atoms with Crippen LogP contribution in [0.1, 0.15) is 22.3 Å². The van der Waals surface area contributed by atoms with Crippen LogP contribution in [0.4, 0.5) is 0 Å². The highest BCUT2D eigenvalue weighted by molar-refractivity contribution is 5.81. The van der Waals surface area contributed by atoms with Gasteiger partial charge in [-0.05, 0) is 59.7 Å². The molecule has 0 fully saturated rings. The maximum Gasteiger partial charge on any atom is 0.212 e. The third kappa shape index (κ3) is 1.89. The minimum absolute atomic E-state index is 1.06. The van der Waals surface area contributed by atoms with E-state index >= 15 is 0 Å². The fourth-order valence-corrected chi connectivity index (χ4v) is 3.59. The number of benzene rings is 2. The van der Waals surface area contributed by atoms with Gasteiger partial charge in [0.05, 0.1) is 0 Å². The number of rotatable bonds is 1. The smallest absolute Gasteiger partial charge is 0.201 e. The van der Waals surface area contributed by atoms with Gasteiger partial charge in [-0.25, -0.2) is 4.57 Å². The molecule has 3 aromatic rings. The van der Waals surface area contributed by atoms with Gasteiger partial charge in [0.1, 0.15) is 7.05 Å². The Labute approximate surface area is 131 Å². The molecule has 0 radical (unpaired) electrons. The van der Waals surface area contributed by atoms with Crippen LogP contribution >= 0.6 is 0 Å². The Bertz CT molecular complexity index is 890. The van der Waals surface area contributed by atoms with Crippen molar-refractivity contribution in [2.45, 2.75) is 20.3 Å². The van der Waals surface area contributed by atoms with Crippen LogP contribution in [0.2, 0.25) is 0 Å². The molecule has 0 atom stereocenters. The summed E-state index contributed by atoms with van der Waals surface area (Å²) in [5, 5.41) is 0. The summed E-state index contributed by atoms with van der Waals surface area (Å²) in [7, 11) is 2.12. The molecule has 1 aromatic heterocycles. The van der Waals surface area contributed by atoms with Gasteiger partial charge in [-0.15, -0.1) is 0 Å². The summed E-state index contributed by atoms with van der Waals surface area (Å²) < 4.78 is 2.21. The lowest BCUT2D eigenvalue weighted by atomic mass is 9.95. The fraction of sp³-hybridized carbons (Fsp3) is 0.190. The van der Waals surface area contributed by atoms with Crippen molar-refractivity contribution in [3.63, 3.8) is 0 Å². The number of aromatic nitrogens is 1. The largest absolute Gasteiger partial charge is 0.212 e. The van der Waals surface area contributed by atoms with Crippen LogP contribution in [0.15, 0.2) is 54.7 Å². The predicted octanol–water partition coefficient (Wildman–Crippen LogP) is 4.37. The molecule has 22 heavy (non-hydrogen) atoms. The minimum Gasteiger partial charge on any atom is -0.201 e. The van der Waals surface area contributed by atoms with Crippen molar-refractivity contribution >= 4 is 0 Å². The molecule has 1 heteroatoms. The van der Waals surface area contributed by atoms with E-state index < -0.39 is 0 Å². The van der Waals surface area contributed by atoms with E-state index in [1.165, 1.54) is 44.6 Å². The van der Waals surface area contributed by atoms with E-state index in [1.54, 1.807) is 0 Å². The van der Waals surface area contributed by atoms with Gasteiger partial charge in [-0.3, -0.25) is 0 Å². The molecule has 0 saturated carbocycles. The molecule has 0 saturated heterocycles. The van der Waals surface area contributed by atoms with Crippen LogP contribution in [-0.2, 0) is 13.5 Å². The van der Waals surface area contributed by atoms with Gasteiger partial charge in [0.15, 0.2) is 6.20 Å². The molecule has 0 spiro atoms. The summed E-state index contributed by atoms with van der Waals surface area (Å²) in [4.78, 5) is 0. The highest BCUT2D eigenvalue weighted by Crippen LogP contribution is 2.40. The first-order chi connectivity index (χ1) is 10.6. The molecule has 0 unspecified atom stereocenters. The van der Waals surface area contributed by atoms with E-state index in [9.17, 15) is 0 Å². The van der Waals surface area contributed by atoms with E-state index in [0.717, 1.165) is 6.42 Å². The number of hydrogen-bond acceptors (Lipinski definition) is 0. The van der Waals surface area contributed by atoms with Crippen LogP contribution in [0.3, 0.4) is 0 Å². The summed E-state index contributed by atoms with van der Waals surface area (Å²) in [6.07, 6.45) is 3.20. The molecule has 1 aliphatic carbocycles. The topological polar surface area (TPSA) is 3.88 Å². The van der Waals surface area contributed by atoms with Gasteiger partial charge < -0.3 is 0 Å². The maximum atomic E-state index is 2.30. The third-order valence-electron chi connectivity index (χ3n) is 4.85. The Morgan fingerprint density at radius 1 is 0.864 bits per heavy atom. The SMILES string of the molecule is Cc1cc[n+](C)c(-c2ccc3c(c2C)Cc2ccccc2-3)c1. The average molecular weight is 286 g/mol. The second-order valence-corrected chi connectivity index (χ2v) is 6.30. The predicted molar refractivity (Wildman–Crippen MR) is 90.8 cm³/mol. The molecule has 0 bridgehead atoms. The Kier molecular flexibility index (Phi) is 2.90. The van der Waals surface area contributed by atoms with E-state index in [2.05, 4.69) is 80.2 Å². The van der Waals surface area contributed by atoms with E-state index in [-0.39, 0.29) is 0 Å². The number of fused-ring (bicyclic) bond motifs is 3. The quantitative estimate of drug-likeness (QED) is 0.458. The van der Waals surface area contributed by atoms with Gasteiger partial charge in [-0.1, -0.05) is 30.3 Å². The first-order valence-electron chi connectivity index (χ1n) is 7.82. The molecular formula is C21H20N+. The zero-order valence-electron chi connectivity index (χ0n) is 13.4. The summed E-state index contributed by atoms with van der Waals surface area (Å²) in [6.45, 7) is 4.42. The molecule has 1 heterocycles. The maximum absolute atomic E-state index is 2.30. The molecule has 1 aliphatic rings. The normalized spacial score (nSPS) is 12.1. The fourth-order valence-electron chi connectivity index (χ4n) is 3.59. The first kappa shape index (κ1) is 13.3. The molecule has 4 rings (SSSR count). The van der Waals surface area contributed by atoms with Crippen LogP contribution in [0.25, 0.3) is 22.4 Å². The summed E-state index contributed by atoms with van der Waals surface area (Å²) in [5.41, 5.74) is 11.1. The highest BCUT2D eigenvalue weighted by Gasteiger charge is 2.23. The van der Waals surface area contributed by atoms with Crippen molar-refractivity contribution in [2.24, 2.45) is 7.05 Å². The van der Waals surface area contributed by atoms with Gasteiger partial charge >= 0.3 is 0 Å². The Balaban J connectivity index is 1.92. The molecule has 1 nitrogen and oxygen atoms in total. The number of nitrogens with zero attached hydrogens (tertiary/aromatic N) is 1. The summed E-state index contributed by atoms with van der Waals surface area (Å²) in [6, 6.07) is 17.8. The molecular weight excluding hydrogens is 266 g/mol. The average Bonchev–Trinajstić information content (AvgIpc) is 2.90. The molecule has 2 aromatic carbocycles. The van der Waals surface area contributed by atoms with Gasteiger partial charge in [0, 0.05) is 17.7 Å². The van der Waals surface area contributed by atoms with Gasteiger partial charge in [0.25, 0.3) is 0 Å². The third-order valence-corrected chi connectivity index (χ3v) is 4.85. The second-order valence-electron chi connectivity index (χ2n) is 6.30. The van der Waals surface area contributed by atoms with Crippen LogP contribution in [-0.4, -0.2) is 0 Å². The lowest BCUT2D eigenvalue weighted by molar-refractivity contribution is -0.660. The van der Waals surface area contributed by atoms with Crippen molar-refractivity contribution in [3.05, 3.63) is 77.0 Å². The van der Waals surface area contributed by atoms with Crippen LogP contribution < -0.4 is 4.57 Å². The van der Waals surface area contributed by atoms with Gasteiger partial charge in [-0.2, -0.15) is 0 Å². The van der Waals surface area contributed by atoms with E-state index in [4.69, 9.17) is 0 Å². The summed E-state index contributed by atoms with van der Waals surface area (Å²) >= 11 is 0. The van der Waals surface area contributed by atoms with Crippen molar-refractivity contribution in [2.75, 3.05) is 0 Å². The Hall–Kier alpha value is -2.41. The lowest BCUT2D eigenvalue weighted by Crippen LogP contribution is -2.30. The van der Waals surface area contributed by atoms with Crippen molar-refractivity contribution in [1.29, 1.82) is 0 Å². The monoisotopic (exact) mass is 286 g/mol. The minimum atomic E-state index is 1.06. The van der Waals surface area contributed by atoms with Crippen molar-refractivity contribution < 1.29 is 4.57 Å². The highest BCUT2D eigenvalue weighted by atomic mass is 14.9. The molecule has 0 aliphatic heterocycles. The lowest BCUT2D eigenvalue weighted by Gasteiger charge is -2.10. The molecule has 0 amide bonds. The number of hydrogen-bond donors (Lipinski definition) is 0. The van der Waals surface area contributed by atoms with Crippen molar-refractivity contribution in [1.82, 2.24) is 0 Å². The molecule has 108 valence electrons. The standard InChI is InChI=1S/C21H20N/c1-14-10-11-22(3)21(12-14)17-8-9-19-18-7-5-4-6-16(18)13-20(19)15(17)2/h4-12H,13H2,1-3H3/q+1. The van der Waals surface area contributed by atoms with Crippen molar-refractivity contribution in [3.8, 4) is 22.4 Å². The van der Waals surface area contributed by atoms with Crippen LogP contribution in [0.5, 0.6) is 0 Å².